The molecule has 0 saturated carbocycles. The topological polar surface area (TPSA) is 0 Å². The van der Waals surface area contributed by atoms with Gasteiger partial charge in [-0.25, -0.2) is 0 Å². The summed E-state index contributed by atoms with van der Waals surface area (Å²) in [4.78, 5) is -0.324. The van der Waals surface area contributed by atoms with Gasteiger partial charge in [0, 0.05) is 10.4 Å². The van der Waals surface area contributed by atoms with Crippen molar-refractivity contribution in [3.63, 3.8) is 0 Å². The Balaban J connectivity index is 3.21. The smallest absolute Gasteiger partial charge is 0.0689 e. The first-order chi connectivity index (χ1) is 5.29. The van der Waals surface area contributed by atoms with Crippen LogP contribution in [0.4, 0.5) is 0 Å². The summed E-state index contributed by atoms with van der Waals surface area (Å²) in [6, 6.07) is 0. The van der Waals surface area contributed by atoms with Crippen LogP contribution in [0.25, 0.3) is 0 Å². The molecule has 0 aromatic heterocycles. The normalized spacial score (nSPS) is 34.2. The summed E-state index contributed by atoms with van der Waals surface area (Å²) in [5.74, 6) is 0. The second-order valence-electron chi connectivity index (χ2n) is 4.01. The van der Waals surface area contributed by atoms with Crippen LogP contribution < -0.4 is 0 Å². The molecule has 0 fully saturated rings. The van der Waals surface area contributed by atoms with Crippen molar-refractivity contribution in [2.45, 2.75) is 32.6 Å². The predicted octanol–water partition coefficient (Wildman–Crippen LogP) is 4.09. The quantitative estimate of drug-likeness (QED) is 0.522. The van der Waals surface area contributed by atoms with E-state index in [4.69, 9.17) is 23.2 Å². The lowest BCUT2D eigenvalue weighted by Crippen LogP contribution is -2.37. The van der Waals surface area contributed by atoms with Crippen molar-refractivity contribution in [2.24, 2.45) is 5.41 Å². The number of alkyl halides is 1. The maximum absolute atomic E-state index is 6.34. The maximum Gasteiger partial charge on any atom is 0.0689 e. The Kier molecular flexibility index (Phi) is 2.35. The van der Waals surface area contributed by atoms with Gasteiger partial charge >= 0.3 is 0 Å². The molecule has 0 bridgehead atoms. The minimum absolute atomic E-state index is 0.0691. The van der Waals surface area contributed by atoms with Gasteiger partial charge in [-0.2, -0.15) is 0 Å². The molecule has 0 radical (unpaired) electrons. The molecule has 12 heavy (non-hydrogen) atoms. The van der Waals surface area contributed by atoms with Gasteiger partial charge in [0.2, 0.25) is 0 Å². The van der Waals surface area contributed by atoms with Gasteiger partial charge in [0.1, 0.15) is 0 Å². The van der Waals surface area contributed by atoms with Gasteiger partial charge in [0.25, 0.3) is 0 Å². The summed E-state index contributed by atoms with van der Waals surface area (Å²) in [7, 11) is 0. The minimum atomic E-state index is -0.324. The van der Waals surface area contributed by atoms with Gasteiger partial charge in [0.05, 0.1) is 4.87 Å². The van der Waals surface area contributed by atoms with Crippen LogP contribution in [0.5, 0.6) is 0 Å². The zero-order valence-corrected chi connectivity index (χ0v) is 9.42. The molecule has 1 atom stereocenters. The molecule has 0 N–H and O–H groups in total. The Morgan fingerprint density at radius 2 is 1.75 bits per heavy atom. The minimum Gasteiger partial charge on any atom is -0.114 e. The van der Waals surface area contributed by atoms with Crippen molar-refractivity contribution in [3.05, 3.63) is 22.8 Å². The first kappa shape index (κ1) is 10.1. The van der Waals surface area contributed by atoms with E-state index in [1.165, 1.54) is 0 Å². The number of halogens is 2. The first-order valence-electron chi connectivity index (χ1n) is 4.04. The van der Waals surface area contributed by atoms with Crippen LogP contribution in [-0.2, 0) is 0 Å². The molecule has 2 heteroatoms. The lowest BCUT2D eigenvalue weighted by Gasteiger charge is -2.41. The molecular formula is C10H14Cl2. The van der Waals surface area contributed by atoms with E-state index in [0.717, 1.165) is 10.6 Å². The summed E-state index contributed by atoms with van der Waals surface area (Å²) >= 11 is 12.4. The fourth-order valence-corrected chi connectivity index (χ4v) is 1.73. The van der Waals surface area contributed by atoms with Crippen molar-refractivity contribution in [1.29, 1.82) is 0 Å². The van der Waals surface area contributed by atoms with Crippen LogP contribution in [-0.4, -0.2) is 4.87 Å². The first-order valence-corrected chi connectivity index (χ1v) is 4.79. The number of hydrogen-bond acceptors (Lipinski definition) is 0. The largest absolute Gasteiger partial charge is 0.114 e. The van der Waals surface area contributed by atoms with Crippen LogP contribution in [0.2, 0.25) is 0 Å². The zero-order chi connectivity index (χ0) is 9.57. The lowest BCUT2D eigenvalue weighted by molar-refractivity contribution is 0.364. The zero-order valence-electron chi connectivity index (χ0n) is 7.91. The Morgan fingerprint density at radius 1 is 1.25 bits per heavy atom. The predicted molar refractivity (Wildman–Crippen MR) is 55.7 cm³/mol. The average Bonchev–Trinajstić information content (AvgIpc) is 1.96. The highest BCUT2D eigenvalue weighted by molar-refractivity contribution is 6.33. The van der Waals surface area contributed by atoms with Crippen LogP contribution in [0.3, 0.4) is 0 Å². The Morgan fingerprint density at radius 3 is 2.17 bits per heavy atom. The standard InChI is InChI=1S/C10H14Cl2/c1-7-8(11)5-6-10(4,12)9(7,2)3/h5-6H,1-4H3. The third kappa shape index (κ3) is 1.31. The highest BCUT2D eigenvalue weighted by Gasteiger charge is 2.41. The van der Waals surface area contributed by atoms with E-state index in [9.17, 15) is 0 Å². The molecule has 1 aliphatic rings. The molecule has 0 aromatic rings. The highest BCUT2D eigenvalue weighted by atomic mass is 35.5. The van der Waals surface area contributed by atoms with Crippen molar-refractivity contribution < 1.29 is 0 Å². The Hall–Kier alpha value is 0.0600. The van der Waals surface area contributed by atoms with Crippen LogP contribution in [0.1, 0.15) is 27.7 Å². The van der Waals surface area contributed by atoms with Crippen LogP contribution >= 0.6 is 23.2 Å². The molecule has 0 nitrogen and oxygen atoms in total. The van der Waals surface area contributed by atoms with E-state index < -0.39 is 0 Å². The van der Waals surface area contributed by atoms with Crippen LogP contribution in [0, 0.1) is 5.41 Å². The van der Waals surface area contributed by atoms with E-state index >= 15 is 0 Å². The van der Waals surface area contributed by atoms with Gasteiger partial charge < -0.3 is 0 Å². The summed E-state index contributed by atoms with van der Waals surface area (Å²) in [5, 5.41) is 0.818. The average molecular weight is 205 g/mol. The van der Waals surface area contributed by atoms with E-state index in [-0.39, 0.29) is 10.3 Å². The molecule has 1 unspecified atom stereocenters. The SMILES string of the molecule is CC1=C(Cl)C=CC(C)(Cl)C1(C)C. The molecule has 0 aromatic carbocycles. The molecule has 0 heterocycles. The van der Waals surface area contributed by atoms with Crippen molar-refractivity contribution in [1.82, 2.24) is 0 Å². The molecule has 0 aliphatic heterocycles. The summed E-state index contributed by atoms with van der Waals surface area (Å²) < 4.78 is 0. The van der Waals surface area contributed by atoms with Crippen molar-refractivity contribution in [3.8, 4) is 0 Å². The van der Waals surface area contributed by atoms with Crippen molar-refractivity contribution >= 4 is 23.2 Å². The van der Waals surface area contributed by atoms with E-state index in [1.807, 2.05) is 26.0 Å². The molecule has 68 valence electrons. The number of hydrogen-bond donors (Lipinski definition) is 0. The summed E-state index contributed by atoms with van der Waals surface area (Å²) in [6.45, 7) is 8.27. The Labute approximate surface area is 84.2 Å². The van der Waals surface area contributed by atoms with Gasteiger partial charge in [-0.1, -0.05) is 31.5 Å². The molecule has 1 rings (SSSR count). The molecule has 0 saturated heterocycles. The van der Waals surface area contributed by atoms with Crippen molar-refractivity contribution in [2.75, 3.05) is 0 Å². The summed E-state index contributed by atoms with van der Waals surface area (Å²) in [5.41, 5.74) is 1.09. The van der Waals surface area contributed by atoms with E-state index in [1.54, 1.807) is 0 Å². The Bertz CT molecular complexity index is 257. The second-order valence-corrected chi connectivity index (χ2v) is 5.20. The third-order valence-corrected chi connectivity index (χ3v) is 4.07. The molecule has 0 spiro atoms. The number of allylic oxidation sites excluding steroid dienone is 4. The van der Waals surface area contributed by atoms with Gasteiger partial charge in [-0.15, -0.1) is 11.6 Å². The molecule has 1 aliphatic carbocycles. The van der Waals surface area contributed by atoms with E-state index in [0.29, 0.717) is 0 Å². The fourth-order valence-electron chi connectivity index (χ4n) is 1.23. The fraction of sp³-hybridized carbons (Fsp3) is 0.600. The van der Waals surface area contributed by atoms with Gasteiger partial charge in [-0.3, -0.25) is 0 Å². The number of rotatable bonds is 0. The van der Waals surface area contributed by atoms with Gasteiger partial charge in [0.15, 0.2) is 0 Å². The van der Waals surface area contributed by atoms with E-state index in [2.05, 4.69) is 13.8 Å². The maximum atomic E-state index is 6.34. The highest BCUT2D eigenvalue weighted by Crippen LogP contribution is 2.48. The monoisotopic (exact) mass is 204 g/mol. The lowest BCUT2D eigenvalue weighted by atomic mass is 9.71. The second kappa shape index (κ2) is 2.78. The summed E-state index contributed by atoms with van der Waals surface area (Å²) in [6.07, 6.45) is 3.85. The molecular weight excluding hydrogens is 191 g/mol. The molecule has 0 amide bonds. The third-order valence-electron chi connectivity index (χ3n) is 3.06. The van der Waals surface area contributed by atoms with Crippen LogP contribution in [0.15, 0.2) is 22.8 Å². The van der Waals surface area contributed by atoms with Gasteiger partial charge in [-0.05, 0) is 25.5 Å².